The average molecular weight is 523 g/mol. The second-order valence-corrected chi connectivity index (χ2v) is 18.0. The first-order valence-electron chi connectivity index (χ1n) is 13.8. The zero-order valence-corrected chi connectivity index (χ0v) is 24.0. The van der Waals surface area contributed by atoms with Gasteiger partial charge in [-0.2, -0.15) is 0 Å². The van der Waals surface area contributed by atoms with Gasteiger partial charge in [0.15, 0.2) is 0 Å². The molecule has 6 heteroatoms. The van der Waals surface area contributed by atoms with Crippen molar-refractivity contribution in [1.82, 2.24) is 0 Å². The zero-order valence-electron chi connectivity index (χ0n) is 23.0. The van der Waals surface area contributed by atoms with E-state index >= 15 is 0 Å². The average Bonchev–Trinajstić information content (AvgIpc) is 3.64. The molecule has 4 aliphatic rings. The number of carboxylic acid groups (broad SMARTS) is 1. The van der Waals surface area contributed by atoms with Crippen molar-refractivity contribution in [1.29, 1.82) is 0 Å². The Morgan fingerprint density at radius 1 is 1.03 bits per heavy atom. The molecule has 2 aliphatic heterocycles. The van der Waals surface area contributed by atoms with Crippen LogP contribution < -0.4 is 9.16 Å². The number of carbonyl (C=O) groups is 1. The molecule has 2 unspecified atom stereocenters. The minimum absolute atomic E-state index is 0.106. The molecule has 2 saturated heterocycles. The highest BCUT2D eigenvalue weighted by Crippen LogP contribution is 2.57. The van der Waals surface area contributed by atoms with Crippen molar-refractivity contribution >= 4 is 14.3 Å². The van der Waals surface area contributed by atoms with E-state index in [4.69, 9.17) is 13.9 Å². The number of ether oxygens (including phenoxy) is 2. The summed E-state index contributed by atoms with van der Waals surface area (Å²) in [5.74, 6) is 2.10. The molecule has 1 N–H and O–H groups in total. The number of hydrogen-bond acceptors (Lipinski definition) is 4. The smallest absolute Gasteiger partial charge is 0.306 e. The Hall–Kier alpha value is -2.31. The van der Waals surface area contributed by atoms with Crippen LogP contribution in [0.2, 0.25) is 18.1 Å². The van der Waals surface area contributed by atoms with E-state index in [2.05, 4.69) is 52.1 Å². The van der Waals surface area contributed by atoms with Gasteiger partial charge < -0.3 is 19.0 Å². The van der Waals surface area contributed by atoms with Gasteiger partial charge in [-0.15, -0.1) is 0 Å². The van der Waals surface area contributed by atoms with Crippen LogP contribution in [-0.2, 0) is 15.1 Å². The fourth-order valence-electron chi connectivity index (χ4n) is 5.85. The fraction of sp³-hybridized carbons (Fsp3) is 0.581. The number of aliphatic carboxylic acids is 1. The maximum atomic E-state index is 11.2. The third kappa shape index (κ3) is 5.46. The van der Waals surface area contributed by atoms with Gasteiger partial charge in [0.25, 0.3) is 0 Å². The quantitative estimate of drug-likeness (QED) is 0.337. The number of rotatable bonds is 9. The summed E-state index contributed by atoms with van der Waals surface area (Å²) >= 11 is 0. The van der Waals surface area contributed by atoms with Crippen LogP contribution in [0.4, 0.5) is 0 Å². The highest BCUT2D eigenvalue weighted by Gasteiger charge is 2.52. The molecule has 2 bridgehead atoms. The van der Waals surface area contributed by atoms with Gasteiger partial charge >= 0.3 is 5.97 Å². The van der Waals surface area contributed by atoms with E-state index in [9.17, 15) is 9.90 Å². The van der Waals surface area contributed by atoms with Crippen LogP contribution in [-0.4, -0.2) is 26.0 Å². The summed E-state index contributed by atoms with van der Waals surface area (Å²) in [6.07, 6.45) is 7.29. The summed E-state index contributed by atoms with van der Waals surface area (Å²) in [5, 5.41) is 9.35. The van der Waals surface area contributed by atoms with Crippen LogP contribution in [0, 0.1) is 17.3 Å². The highest BCUT2D eigenvalue weighted by atomic mass is 28.4. The Balaban J connectivity index is 1.23. The Morgan fingerprint density at radius 2 is 1.68 bits per heavy atom. The lowest BCUT2D eigenvalue weighted by Gasteiger charge is -2.53. The van der Waals surface area contributed by atoms with Crippen LogP contribution in [0.15, 0.2) is 48.5 Å². The van der Waals surface area contributed by atoms with Crippen molar-refractivity contribution in [3.8, 4) is 17.2 Å². The Labute approximate surface area is 222 Å². The summed E-state index contributed by atoms with van der Waals surface area (Å²) in [4.78, 5) is 11.2. The van der Waals surface area contributed by atoms with E-state index in [1.807, 2.05) is 30.3 Å². The van der Waals surface area contributed by atoms with Crippen molar-refractivity contribution in [3.63, 3.8) is 0 Å². The first-order chi connectivity index (χ1) is 17.4. The number of carboxylic acids is 1. The van der Waals surface area contributed by atoms with Gasteiger partial charge in [0, 0.05) is 6.07 Å². The Kier molecular flexibility index (Phi) is 6.72. The van der Waals surface area contributed by atoms with E-state index in [1.165, 1.54) is 5.56 Å². The molecule has 4 fully saturated rings. The predicted octanol–water partition coefficient (Wildman–Crippen LogP) is 8.15. The van der Waals surface area contributed by atoms with Crippen molar-refractivity contribution in [2.24, 2.45) is 17.3 Å². The van der Waals surface area contributed by atoms with Crippen molar-refractivity contribution in [2.45, 2.75) is 89.5 Å². The van der Waals surface area contributed by atoms with E-state index < -0.39 is 14.3 Å². The summed E-state index contributed by atoms with van der Waals surface area (Å²) in [6.45, 7) is 12.0. The standard InChI is InChI=1S/C31H42O5Si/c1-29(2,3)37(4,5)36-26-11-7-10-25(20-26)35-24-9-6-8-23(19-24)31-16-14-30(15-17-31,21-34-31)13-12-22-18-27(22)28(32)33/h6-11,19-20,22,27H,12-18,21H2,1-5H3,(H,32,33). The molecule has 200 valence electrons. The van der Waals surface area contributed by atoms with Crippen LogP contribution in [0.3, 0.4) is 0 Å². The minimum Gasteiger partial charge on any atom is -0.543 e. The minimum atomic E-state index is -1.92. The lowest BCUT2D eigenvalue weighted by molar-refractivity contribution is -0.192. The van der Waals surface area contributed by atoms with Gasteiger partial charge in [-0.05, 0) is 104 Å². The third-order valence-electron chi connectivity index (χ3n) is 9.64. The lowest BCUT2D eigenvalue weighted by atomic mass is 9.62. The topological polar surface area (TPSA) is 65.0 Å². The summed E-state index contributed by atoms with van der Waals surface area (Å²) in [7, 11) is -1.92. The summed E-state index contributed by atoms with van der Waals surface area (Å²) in [6, 6.07) is 16.4. The molecule has 2 aliphatic carbocycles. The molecule has 0 spiro atoms. The largest absolute Gasteiger partial charge is 0.543 e. The van der Waals surface area contributed by atoms with Crippen molar-refractivity contribution in [3.05, 3.63) is 54.1 Å². The van der Waals surface area contributed by atoms with E-state index in [0.717, 1.165) is 68.8 Å². The van der Waals surface area contributed by atoms with Gasteiger partial charge in [-0.3, -0.25) is 4.79 Å². The number of hydrogen-bond donors (Lipinski definition) is 1. The van der Waals surface area contributed by atoms with Crippen LogP contribution >= 0.6 is 0 Å². The molecular weight excluding hydrogens is 480 g/mol. The molecular formula is C31H42O5Si. The molecule has 2 saturated carbocycles. The summed E-state index contributed by atoms with van der Waals surface area (Å²) in [5.41, 5.74) is 1.18. The monoisotopic (exact) mass is 522 g/mol. The van der Waals surface area contributed by atoms with Gasteiger partial charge in [0.2, 0.25) is 8.32 Å². The summed E-state index contributed by atoms with van der Waals surface area (Å²) < 4.78 is 19.4. The normalized spacial score (nSPS) is 29.1. The molecule has 2 aromatic carbocycles. The first kappa shape index (κ1) is 26.3. The Bertz CT molecular complexity index is 1130. The van der Waals surface area contributed by atoms with Crippen molar-refractivity contribution in [2.75, 3.05) is 6.61 Å². The van der Waals surface area contributed by atoms with Gasteiger partial charge in [0.1, 0.15) is 17.2 Å². The molecule has 5 nitrogen and oxygen atoms in total. The SMILES string of the molecule is CC(C)(C)[Si](C)(C)Oc1cccc(Oc2cccc(C34CCC(CCC5CC5C(=O)O)(CC3)CO4)c2)c1. The second-order valence-electron chi connectivity index (χ2n) is 13.2. The maximum Gasteiger partial charge on any atom is 0.306 e. The molecule has 37 heavy (non-hydrogen) atoms. The predicted molar refractivity (Wildman–Crippen MR) is 148 cm³/mol. The fourth-order valence-corrected chi connectivity index (χ4v) is 6.87. The number of benzene rings is 2. The van der Waals surface area contributed by atoms with E-state index in [0.29, 0.717) is 5.92 Å². The van der Waals surface area contributed by atoms with E-state index in [-0.39, 0.29) is 22.0 Å². The van der Waals surface area contributed by atoms with Crippen molar-refractivity contribution < 1.29 is 23.8 Å². The van der Waals surface area contributed by atoms with Crippen LogP contribution in [0.1, 0.15) is 71.3 Å². The highest BCUT2D eigenvalue weighted by molar-refractivity contribution is 6.74. The molecule has 2 heterocycles. The van der Waals surface area contributed by atoms with Gasteiger partial charge in [-0.1, -0.05) is 39.0 Å². The molecule has 0 radical (unpaired) electrons. The lowest BCUT2D eigenvalue weighted by Crippen LogP contribution is -2.49. The molecule has 2 aromatic rings. The Morgan fingerprint density at radius 3 is 2.27 bits per heavy atom. The van der Waals surface area contributed by atoms with Gasteiger partial charge in [-0.25, -0.2) is 0 Å². The van der Waals surface area contributed by atoms with Gasteiger partial charge in [0.05, 0.1) is 18.1 Å². The number of fused-ring (bicyclic) bond motifs is 3. The molecule has 6 rings (SSSR count). The molecule has 0 aromatic heterocycles. The second kappa shape index (κ2) is 9.46. The molecule has 0 amide bonds. The zero-order chi connectivity index (χ0) is 26.5. The van der Waals surface area contributed by atoms with E-state index in [1.54, 1.807) is 0 Å². The van der Waals surface area contributed by atoms with Crippen LogP contribution in [0.5, 0.6) is 17.2 Å². The first-order valence-corrected chi connectivity index (χ1v) is 16.8. The maximum absolute atomic E-state index is 11.2. The third-order valence-corrected chi connectivity index (χ3v) is 14.0. The van der Waals surface area contributed by atoms with Crippen LogP contribution in [0.25, 0.3) is 0 Å². The molecule has 2 atom stereocenters.